The number of halogens is 3. The van der Waals surface area contributed by atoms with E-state index in [1.807, 2.05) is 0 Å². The lowest BCUT2D eigenvalue weighted by molar-refractivity contribution is -0.274. The summed E-state index contributed by atoms with van der Waals surface area (Å²) in [6, 6.07) is 10.4. The third-order valence-corrected chi connectivity index (χ3v) is 3.61. The summed E-state index contributed by atoms with van der Waals surface area (Å²) in [6.07, 6.45) is -4.84. The number of nitrogens with one attached hydrogen (secondary N) is 2. The minimum atomic E-state index is -4.81. The summed E-state index contributed by atoms with van der Waals surface area (Å²) in [5.74, 6) is -0.667. The summed E-state index contributed by atoms with van der Waals surface area (Å²) in [7, 11) is 1.42. The van der Waals surface area contributed by atoms with Gasteiger partial charge in [0.15, 0.2) is 0 Å². The predicted molar refractivity (Wildman–Crippen MR) is 97.4 cm³/mol. The van der Waals surface area contributed by atoms with Gasteiger partial charge in [0, 0.05) is 19.0 Å². The Kier molecular flexibility index (Phi) is 6.86. The zero-order valence-corrected chi connectivity index (χ0v) is 15.2. The van der Waals surface area contributed by atoms with Gasteiger partial charge in [-0.15, -0.1) is 13.2 Å². The van der Waals surface area contributed by atoms with Crippen molar-refractivity contribution in [2.75, 3.05) is 17.7 Å². The summed E-state index contributed by atoms with van der Waals surface area (Å²) in [5.41, 5.74) is 1.06. The normalized spacial score (nSPS) is 10.9. The molecule has 0 aliphatic rings. The monoisotopic (exact) mass is 396 g/mol. The number of anilines is 2. The van der Waals surface area contributed by atoms with Crippen LogP contribution in [-0.4, -0.2) is 25.3 Å². The number of carbonyl (C=O) groups is 2. The number of benzene rings is 2. The van der Waals surface area contributed by atoms with Crippen LogP contribution in [0.3, 0.4) is 0 Å². The highest BCUT2D eigenvalue weighted by molar-refractivity contribution is 5.95. The molecule has 2 amide bonds. The van der Waals surface area contributed by atoms with Crippen LogP contribution in [0.5, 0.6) is 11.5 Å². The molecule has 0 aliphatic carbocycles. The molecule has 0 aliphatic heterocycles. The Morgan fingerprint density at radius 3 is 2.39 bits per heavy atom. The van der Waals surface area contributed by atoms with Crippen LogP contribution in [0.2, 0.25) is 0 Å². The molecule has 0 aromatic heterocycles. The summed E-state index contributed by atoms with van der Waals surface area (Å²) in [5, 5.41) is 5.22. The van der Waals surface area contributed by atoms with Gasteiger partial charge in [0.25, 0.3) is 0 Å². The highest BCUT2D eigenvalue weighted by atomic mass is 19.4. The van der Waals surface area contributed by atoms with Crippen molar-refractivity contribution in [3.8, 4) is 11.5 Å². The molecule has 0 fully saturated rings. The molecule has 28 heavy (non-hydrogen) atoms. The van der Waals surface area contributed by atoms with Gasteiger partial charge in [-0.25, -0.2) is 0 Å². The zero-order chi connectivity index (χ0) is 20.7. The van der Waals surface area contributed by atoms with E-state index < -0.39 is 12.3 Å². The molecule has 2 aromatic carbocycles. The third kappa shape index (κ3) is 6.49. The molecule has 0 unspecified atom stereocenters. The van der Waals surface area contributed by atoms with E-state index >= 15 is 0 Å². The molecule has 2 aromatic rings. The Balaban J connectivity index is 2.06. The van der Waals surface area contributed by atoms with Crippen molar-refractivity contribution < 1.29 is 32.2 Å². The standard InChI is InChI=1S/C19H19F3N2O4/c1-12(25)23-14-8-9-17(27-2)15(11-14)24-18(26)10-7-13-5-3-4-6-16(13)28-19(20,21)22/h3-6,8-9,11H,7,10H2,1-2H3,(H,23,25)(H,24,26). The Morgan fingerprint density at radius 2 is 1.75 bits per heavy atom. The molecule has 0 bridgehead atoms. The molecule has 9 heteroatoms. The Bertz CT molecular complexity index is 853. The maximum atomic E-state index is 12.5. The molecule has 0 saturated carbocycles. The van der Waals surface area contributed by atoms with E-state index in [0.717, 1.165) is 0 Å². The van der Waals surface area contributed by atoms with Gasteiger partial charge in [-0.1, -0.05) is 18.2 Å². The summed E-state index contributed by atoms with van der Waals surface area (Å²) < 4.78 is 46.6. The predicted octanol–water partition coefficient (Wildman–Crippen LogP) is 4.12. The fraction of sp³-hybridized carbons (Fsp3) is 0.263. The molecule has 0 saturated heterocycles. The maximum absolute atomic E-state index is 12.5. The average molecular weight is 396 g/mol. The van der Waals surface area contributed by atoms with E-state index in [4.69, 9.17) is 4.74 Å². The fourth-order valence-electron chi connectivity index (χ4n) is 2.48. The Hall–Kier alpha value is -3.23. The second kappa shape index (κ2) is 9.12. The van der Waals surface area contributed by atoms with Crippen molar-refractivity contribution >= 4 is 23.2 Å². The molecule has 0 radical (unpaired) electrons. The fourth-order valence-corrected chi connectivity index (χ4v) is 2.48. The van der Waals surface area contributed by atoms with Crippen LogP contribution in [0, 0.1) is 0 Å². The first-order valence-corrected chi connectivity index (χ1v) is 8.27. The molecule has 0 spiro atoms. The minimum absolute atomic E-state index is 0.0474. The van der Waals surface area contributed by atoms with E-state index in [9.17, 15) is 22.8 Å². The number of carbonyl (C=O) groups excluding carboxylic acids is 2. The SMILES string of the molecule is COc1ccc(NC(C)=O)cc1NC(=O)CCc1ccccc1OC(F)(F)F. The van der Waals surface area contributed by atoms with Crippen molar-refractivity contribution in [1.29, 1.82) is 0 Å². The number of alkyl halides is 3. The Labute approximate surface area is 159 Å². The topological polar surface area (TPSA) is 76.7 Å². The van der Waals surface area contributed by atoms with E-state index in [1.54, 1.807) is 18.2 Å². The number of ether oxygens (including phenoxy) is 2. The molecule has 2 N–H and O–H groups in total. The second-order valence-corrected chi connectivity index (χ2v) is 5.80. The summed E-state index contributed by atoms with van der Waals surface area (Å²) in [6.45, 7) is 1.35. The van der Waals surface area contributed by atoms with Crippen LogP contribution >= 0.6 is 0 Å². The number of rotatable bonds is 7. The van der Waals surface area contributed by atoms with Gasteiger partial charge in [-0.2, -0.15) is 0 Å². The maximum Gasteiger partial charge on any atom is 0.573 e. The van der Waals surface area contributed by atoms with Crippen LogP contribution < -0.4 is 20.1 Å². The van der Waals surface area contributed by atoms with Gasteiger partial charge >= 0.3 is 6.36 Å². The molecule has 0 heterocycles. The zero-order valence-electron chi connectivity index (χ0n) is 15.2. The molecule has 150 valence electrons. The summed E-state index contributed by atoms with van der Waals surface area (Å²) >= 11 is 0. The average Bonchev–Trinajstić information content (AvgIpc) is 2.59. The van der Waals surface area contributed by atoms with Crippen LogP contribution in [0.15, 0.2) is 42.5 Å². The highest BCUT2D eigenvalue weighted by Crippen LogP contribution is 2.29. The van der Waals surface area contributed by atoms with Gasteiger partial charge in [0.2, 0.25) is 11.8 Å². The molecule has 0 atom stereocenters. The van der Waals surface area contributed by atoms with E-state index in [1.165, 1.54) is 38.3 Å². The van der Waals surface area contributed by atoms with Gasteiger partial charge < -0.3 is 20.1 Å². The number of methoxy groups -OCH3 is 1. The number of hydrogen-bond donors (Lipinski definition) is 2. The van der Waals surface area contributed by atoms with Gasteiger partial charge in [-0.05, 0) is 36.2 Å². The van der Waals surface area contributed by atoms with Gasteiger partial charge in [-0.3, -0.25) is 9.59 Å². The first-order chi connectivity index (χ1) is 13.2. The molecular weight excluding hydrogens is 377 g/mol. The summed E-state index contributed by atoms with van der Waals surface area (Å²) in [4.78, 5) is 23.4. The van der Waals surface area contributed by atoms with Crippen molar-refractivity contribution in [3.05, 3.63) is 48.0 Å². The number of para-hydroxylation sites is 1. The second-order valence-electron chi connectivity index (χ2n) is 5.80. The molecule has 2 rings (SSSR count). The van der Waals surface area contributed by atoms with E-state index in [0.29, 0.717) is 17.1 Å². The Morgan fingerprint density at radius 1 is 1.04 bits per heavy atom. The van der Waals surface area contributed by atoms with Crippen molar-refractivity contribution in [2.24, 2.45) is 0 Å². The number of hydrogen-bond acceptors (Lipinski definition) is 4. The van der Waals surface area contributed by atoms with Crippen LogP contribution in [0.4, 0.5) is 24.5 Å². The van der Waals surface area contributed by atoms with Gasteiger partial charge in [0.1, 0.15) is 11.5 Å². The van der Waals surface area contributed by atoms with Crippen molar-refractivity contribution in [1.82, 2.24) is 0 Å². The largest absolute Gasteiger partial charge is 0.573 e. The van der Waals surface area contributed by atoms with Crippen molar-refractivity contribution in [2.45, 2.75) is 26.1 Å². The lowest BCUT2D eigenvalue weighted by Gasteiger charge is -2.14. The van der Waals surface area contributed by atoms with Gasteiger partial charge in [0.05, 0.1) is 12.8 Å². The van der Waals surface area contributed by atoms with Crippen LogP contribution in [0.25, 0.3) is 0 Å². The van der Waals surface area contributed by atoms with Crippen molar-refractivity contribution in [3.63, 3.8) is 0 Å². The quantitative estimate of drug-likeness (QED) is 0.738. The molecular formula is C19H19F3N2O4. The lowest BCUT2D eigenvalue weighted by atomic mass is 10.1. The van der Waals surface area contributed by atoms with E-state index in [-0.39, 0.29) is 30.1 Å². The lowest BCUT2D eigenvalue weighted by Crippen LogP contribution is -2.18. The van der Waals surface area contributed by atoms with Crippen LogP contribution in [-0.2, 0) is 16.0 Å². The third-order valence-electron chi connectivity index (χ3n) is 3.61. The number of aryl methyl sites for hydroxylation is 1. The van der Waals surface area contributed by atoms with Crippen LogP contribution in [0.1, 0.15) is 18.9 Å². The van der Waals surface area contributed by atoms with E-state index in [2.05, 4.69) is 15.4 Å². The highest BCUT2D eigenvalue weighted by Gasteiger charge is 2.31. The number of amides is 2. The molecule has 6 nitrogen and oxygen atoms in total. The first kappa shape index (κ1) is 21.1. The first-order valence-electron chi connectivity index (χ1n) is 8.27. The minimum Gasteiger partial charge on any atom is -0.495 e. The smallest absolute Gasteiger partial charge is 0.495 e.